The van der Waals surface area contributed by atoms with Crippen molar-refractivity contribution in [3.05, 3.63) is 40.4 Å². The third kappa shape index (κ3) is 5.32. The van der Waals surface area contributed by atoms with Crippen molar-refractivity contribution in [3.8, 4) is 0 Å². The molecule has 0 saturated heterocycles. The SMILES string of the molecule is Cc1nnc(SCC(=O)NN=Cc2ccccc2C(F)(F)F)s1. The number of nitrogens with one attached hydrogen (secondary N) is 1. The second-order valence-corrected chi connectivity index (χ2v) is 6.66. The Balaban J connectivity index is 1.90. The van der Waals surface area contributed by atoms with Crippen LogP contribution in [-0.4, -0.2) is 28.1 Å². The summed E-state index contributed by atoms with van der Waals surface area (Å²) in [7, 11) is 0. The summed E-state index contributed by atoms with van der Waals surface area (Å²) in [5.74, 6) is -0.393. The summed E-state index contributed by atoms with van der Waals surface area (Å²) in [5, 5.41) is 12.0. The Morgan fingerprint density at radius 2 is 2.13 bits per heavy atom. The van der Waals surface area contributed by atoms with Gasteiger partial charge in [0, 0.05) is 5.56 Å². The molecule has 2 rings (SSSR count). The number of thioether (sulfide) groups is 1. The molecule has 0 spiro atoms. The molecule has 0 aliphatic carbocycles. The Labute approximate surface area is 138 Å². The molecule has 1 N–H and O–H groups in total. The first-order chi connectivity index (χ1) is 10.9. The summed E-state index contributed by atoms with van der Waals surface area (Å²) in [6.45, 7) is 1.80. The second-order valence-electron chi connectivity index (χ2n) is 4.25. The Hall–Kier alpha value is -1.94. The molecule has 0 unspecified atom stereocenters. The van der Waals surface area contributed by atoms with Crippen molar-refractivity contribution in [2.75, 3.05) is 5.75 Å². The number of rotatable bonds is 5. The largest absolute Gasteiger partial charge is 0.417 e. The quantitative estimate of drug-likeness (QED) is 0.505. The number of aryl methyl sites for hydroxylation is 1. The van der Waals surface area contributed by atoms with Crippen molar-refractivity contribution in [3.63, 3.8) is 0 Å². The average molecular weight is 360 g/mol. The van der Waals surface area contributed by atoms with Gasteiger partial charge in [-0.1, -0.05) is 41.3 Å². The Morgan fingerprint density at radius 1 is 1.39 bits per heavy atom. The molecule has 0 atom stereocenters. The van der Waals surface area contributed by atoms with E-state index in [4.69, 9.17) is 0 Å². The van der Waals surface area contributed by atoms with Crippen LogP contribution in [0.2, 0.25) is 0 Å². The maximum Gasteiger partial charge on any atom is 0.417 e. The summed E-state index contributed by atoms with van der Waals surface area (Å²) < 4.78 is 39.0. The lowest BCUT2D eigenvalue weighted by molar-refractivity contribution is -0.137. The van der Waals surface area contributed by atoms with Crippen LogP contribution in [0.5, 0.6) is 0 Å². The molecule has 1 amide bonds. The van der Waals surface area contributed by atoms with Crippen molar-refractivity contribution in [1.82, 2.24) is 15.6 Å². The number of halogens is 3. The lowest BCUT2D eigenvalue weighted by Gasteiger charge is -2.09. The Kier molecular flexibility index (Phi) is 5.72. The normalized spacial score (nSPS) is 11.8. The number of hydrogen-bond acceptors (Lipinski definition) is 6. The van der Waals surface area contributed by atoms with E-state index in [0.717, 1.165) is 17.3 Å². The molecule has 10 heteroatoms. The average Bonchev–Trinajstić information content (AvgIpc) is 2.90. The fourth-order valence-corrected chi connectivity index (χ4v) is 3.15. The lowest BCUT2D eigenvalue weighted by Crippen LogP contribution is -2.20. The van der Waals surface area contributed by atoms with Crippen LogP contribution in [0.3, 0.4) is 0 Å². The van der Waals surface area contributed by atoms with Crippen molar-refractivity contribution in [2.24, 2.45) is 5.10 Å². The minimum absolute atomic E-state index is 0.0485. The van der Waals surface area contributed by atoms with E-state index in [2.05, 4.69) is 20.7 Å². The van der Waals surface area contributed by atoms with Crippen LogP contribution >= 0.6 is 23.1 Å². The molecular formula is C13H11F3N4OS2. The lowest BCUT2D eigenvalue weighted by atomic mass is 10.1. The number of alkyl halides is 3. The molecule has 2 aromatic rings. The number of carbonyl (C=O) groups excluding carboxylic acids is 1. The molecular weight excluding hydrogens is 349 g/mol. The maximum absolute atomic E-state index is 12.8. The van der Waals surface area contributed by atoms with Gasteiger partial charge in [0.2, 0.25) is 0 Å². The first kappa shape index (κ1) is 17.4. The van der Waals surface area contributed by atoms with Gasteiger partial charge >= 0.3 is 6.18 Å². The monoisotopic (exact) mass is 360 g/mol. The van der Waals surface area contributed by atoms with Crippen molar-refractivity contribution >= 4 is 35.2 Å². The van der Waals surface area contributed by atoms with E-state index in [1.807, 2.05) is 0 Å². The molecule has 0 saturated carbocycles. The molecule has 23 heavy (non-hydrogen) atoms. The molecule has 1 aromatic heterocycles. The third-order valence-corrected chi connectivity index (χ3v) is 4.47. The van der Waals surface area contributed by atoms with Crippen molar-refractivity contribution in [2.45, 2.75) is 17.4 Å². The van der Waals surface area contributed by atoms with Crippen LogP contribution in [0.15, 0.2) is 33.7 Å². The first-order valence-electron chi connectivity index (χ1n) is 6.27. The highest BCUT2D eigenvalue weighted by Gasteiger charge is 2.32. The van der Waals surface area contributed by atoms with Crippen LogP contribution in [0.1, 0.15) is 16.1 Å². The third-order valence-electron chi connectivity index (χ3n) is 2.49. The number of amides is 1. The van der Waals surface area contributed by atoms with E-state index < -0.39 is 17.6 Å². The van der Waals surface area contributed by atoms with E-state index >= 15 is 0 Å². The molecule has 1 heterocycles. The van der Waals surface area contributed by atoms with E-state index in [9.17, 15) is 18.0 Å². The minimum Gasteiger partial charge on any atom is -0.272 e. The standard InChI is InChI=1S/C13H11F3N4OS2/c1-8-18-20-12(23-8)22-7-11(21)19-17-6-9-4-2-3-5-10(9)13(14,15)16/h2-6H,7H2,1H3,(H,19,21). The minimum atomic E-state index is -4.47. The summed E-state index contributed by atoms with van der Waals surface area (Å²) in [4.78, 5) is 11.6. The summed E-state index contributed by atoms with van der Waals surface area (Å²) in [6, 6.07) is 4.99. The van der Waals surface area contributed by atoms with Gasteiger partial charge in [-0.05, 0) is 13.0 Å². The van der Waals surface area contributed by atoms with Gasteiger partial charge in [0.1, 0.15) is 5.01 Å². The van der Waals surface area contributed by atoms with Gasteiger partial charge in [0.05, 0.1) is 17.5 Å². The smallest absolute Gasteiger partial charge is 0.272 e. The van der Waals surface area contributed by atoms with Gasteiger partial charge in [-0.2, -0.15) is 18.3 Å². The molecule has 0 aliphatic rings. The zero-order valence-corrected chi connectivity index (χ0v) is 13.4. The highest BCUT2D eigenvalue weighted by molar-refractivity contribution is 8.01. The number of hydrazone groups is 1. The summed E-state index contributed by atoms with van der Waals surface area (Å²) in [6.07, 6.45) is -3.50. The van der Waals surface area contributed by atoms with Gasteiger partial charge in [-0.25, -0.2) is 5.43 Å². The highest BCUT2D eigenvalue weighted by Crippen LogP contribution is 2.31. The van der Waals surface area contributed by atoms with Crippen LogP contribution in [0, 0.1) is 6.92 Å². The van der Waals surface area contributed by atoms with Crippen LogP contribution in [0.25, 0.3) is 0 Å². The number of benzene rings is 1. The van der Waals surface area contributed by atoms with Gasteiger partial charge < -0.3 is 0 Å². The van der Waals surface area contributed by atoms with Crippen LogP contribution in [-0.2, 0) is 11.0 Å². The van der Waals surface area contributed by atoms with E-state index in [-0.39, 0.29) is 11.3 Å². The number of aromatic nitrogens is 2. The van der Waals surface area contributed by atoms with Gasteiger partial charge in [0.15, 0.2) is 4.34 Å². The van der Waals surface area contributed by atoms with Gasteiger partial charge in [0.25, 0.3) is 5.91 Å². The first-order valence-corrected chi connectivity index (χ1v) is 8.07. The van der Waals surface area contributed by atoms with Gasteiger partial charge in [-0.15, -0.1) is 10.2 Å². The van der Waals surface area contributed by atoms with Crippen molar-refractivity contribution < 1.29 is 18.0 Å². The van der Waals surface area contributed by atoms with Crippen molar-refractivity contribution in [1.29, 1.82) is 0 Å². The predicted molar refractivity (Wildman–Crippen MR) is 82.6 cm³/mol. The number of nitrogens with zero attached hydrogens (tertiary/aromatic N) is 3. The predicted octanol–water partition coefficient (Wildman–Crippen LogP) is 3.11. The zero-order valence-electron chi connectivity index (χ0n) is 11.8. The molecule has 0 fully saturated rings. The van der Waals surface area contributed by atoms with Crippen LogP contribution < -0.4 is 5.43 Å². The Bertz CT molecular complexity index is 715. The molecule has 0 bridgehead atoms. The fraction of sp³-hybridized carbons (Fsp3) is 0.231. The number of carbonyl (C=O) groups is 1. The van der Waals surface area contributed by atoms with E-state index in [1.54, 1.807) is 6.92 Å². The Morgan fingerprint density at radius 3 is 2.78 bits per heavy atom. The second kappa shape index (κ2) is 7.55. The molecule has 122 valence electrons. The molecule has 0 aliphatic heterocycles. The molecule has 5 nitrogen and oxygen atoms in total. The van der Waals surface area contributed by atoms with E-state index in [1.165, 1.54) is 41.3 Å². The topological polar surface area (TPSA) is 67.2 Å². The molecule has 1 aromatic carbocycles. The van der Waals surface area contributed by atoms with Gasteiger partial charge in [-0.3, -0.25) is 4.79 Å². The fourth-order valence-electron chi connectivity index (χ4n) is 1.54. The summed E-state index contributed by atoms with van der Waals surface area (Å²) >= 11 is 2.53. The maximum atomic E-state index is 12.8. The summed E-state index contributed by atoms with van der Waals surface area (Å²) in [5.41, 5.74) is 1.26. The zero-order chi connectivity index (χ0) is 16.9. The molecule has 0 radical (unpaired) electrons. The van der Waals surface area contributed by atoms with E-state index in [0.29, 0.717) is 4.34 Å². The van der Waals surface area contributed by atoms with Crippen LogP contribution in [0.4, 0.5) is 13.2 Å². The number of hydrogen-bond donors (Lipinski definition) is 1. The highest BCUT2D eigenvalue weighted by atomic mass is 32.2.